The average molecular weight is 146 g/mol. The molecule has 0 spiro atoms. The molecule has 0 saturated carbocycles. The molecule has 0 aliphatic rings. The molecule has 4 N–H and O–H groups in total. The van der Waals surface area contributed by atoms with Gasteiger partial charge in [-0.2, -0.15) is 0 Å². The monoisotopic (exact) mass is 146 g/mol. The van der Waals surface area contributed by atoms with Crippen LogP contribution >= 0.6 is 0 Å². The zero-order chi connectivity index (χ0) is 5.11. The molecular weight excluding hydrogens is 134 g/mol. The minimum absolute atomic E-state index is 0. The second-order valence-corrected chi connectivity index (χ2v) is 1.65. The molecule has 1 aromatic carbocycles. The van der Waals surface area contributed by atoms with E-state index in [1.807, 2.05) is 18.2 Å². The molecule has 0 aliphatic carbocycles. The summed E-state index contributed by atoms with van der Waals surface area (Å²) in [5.41, 5.74) is 1.32. The van der Waals surface area contributed by atoms with Gasteiger partial charge in [-0.25, -0.2) is 0 Å². The minimum atomic E-state index is 0. The van der Waals surface area contributed by atoms with Crippen molar-refractivity contribution in [3.8, 4) is 0 Å². The van der Waals surface area contributed by atoms with E-state index in [9.17, 15) is 0 Å². The fourth-order valence-corrected chi connectivity index (χ4v) is 0.534. The van der Waals surface area contributed by atoms with Crippen LogP contribution in [0.4, 0.5) is 4.70 Å². The van der Waals surface area contributed by atoms with Gasteiger partial charge in [0.1, 0.15) is 7.85 Å². The van der Waals surface area contributed by atoms with Crippen LogP contribution < -0.4 is 5.46 Å². The number of hydrogen-bond acceptors (Lipinski definition) is 0. The van der Waals surface area contributed by atoms with E-state index < -0.39 is 0 Å². The van der Waals surface area contributed by atoms with Crippen LogP contribution in [-0.2, 0) is 0 Å². The Labute approximate surface area is 60.3 Å². The first-order valence-corrected chi connectivity index (χ1v) is 2.41. The predicted octanol–water partition coefficient (Wildman–Crippen LogP) is -1.55. The minimum Gasteiger partial charge on any atom is -0.412 e. The summed E-state index contributed by atoms with van der Waals surface area (Å²) in [5.74, 6) is 0. The molecule has 0 atom stereocenters. The number of hydrogen-bond donors (Lipinski definition) is 0. The van der Waals surface area contributed by atoms with Crippen molar-refractivity contribution in [3.05, 3.63) is 30.3 Å². The second-order valence-electron chi connectivity index (χ2n) is 1.65. The first-order chi connectivity index (χ1) is 3.39. The molecule has 2 nitrogen and oxygen atoms in total. The highest BCUT2D eigenvalue weighted by atomic mass is 19.0. The van der Waals surface area contributed by atoms with Crippen LogP contribution in [-0.4, -0.2) is 18.8 Å². The molecule has 0 bridgehead atoms. The summed E-state index contributed by atoms with van der Waals surface area (Å²) in [7, 11) is 2.08. The topological polar surface area (TPSA) is 63.0 Å². The lowest BCUT2D eigenvalue weighted by Crippen LogP contribution is -1.97. The van der Waals surface area contributed by atoms with Crippen LogP contribution in [0.25, 0.3) is 0 Å². The van der Waals surface area contributed by atoms with Crippen LogP contribution in [0.1, 0.15) is 0 Å². The van der Waals surface area contributed by atoms with Crippen LogP contribution in [0, 0.1) is 0 Å². The molecule has 0 heterocycles. The lowest BCUT2D eigenvalue weighted by molar-refractivity contribution is 0.823. The molecule has 0 unspecified atom stereocenters. The van der Waals surface area contributed by atoms with Gasteiger partial charge in [0.2, 0.25) is 0 Å². The summed E-state index contributed by atoms with van der Waals surface area (Å²) < 4.78 is 0. The summed E-state index contributed by atoms with van der Waals surface area (Å²) in [6, 6.07) is 10.3. The maximum absolute atomic E-state index is 2.08. The Hall–Kier alpha value is -0.865. The van der Waals surface area contributed by atoms with Gasteiger partial charge in [-0.1, -0.05) is 35.8 Å². The molecule has 0 saturated heterocycles. The zero-order valence-electron chi connectivity index (χ0n) is 5.79. The van der Waals surface area contributed by atoms with E-state index in [1.54, 1.807) is 0 Å². The van der Waals surface area contributed by atoms with Gasteiger partial charge in [0.15, 0.2) is 0 Å². The predicted molar refractivity (Wildman–Crippen MR) is 44.4 cm³/mol. The SMILES string of the molecule is Bc1ccccc1.F.O.O. The van der Waals surface area contributed by atoms with E-state index in [1.165, 1.54) is 5.46 Å². The third-order valence-corrected chi connectivity index (χ3v) is 0.940. The summed E-state index contributed by atoms with van der Waals surface area (Å²) in [4.78, 5) is 0. The summed E-state index contributed by atoms with van der Waals surface area (Å²) >= 11 is 0. The van der Waals surface area contributed by atoms with E-state index >= 15 is 0 Å². The van der Waals surface area contributed by atoms with E-state index in [4.69, 9.17) is 0 Å². The van der Waals surface area contributed by atoms with E-state index in [2.05, 4.69) is 20.0 Å². The van der Waals surface area contributed by atoms with Crippen LogP contribution in [0.3, 0.4) is 0 Å². The van der Waals surface area contributed by atoms with Gasteiger partial charge < -0.3 is 11.0 Å². The molecule has 58 valence electrons. The van der Waals surface area contributed by atoms with Gasteiger partial charge in [0.05, 0.1) is 0 Å². The Morgan fingerprint density at radius 1 is 0.900 bits per heavy atom. The molecule has 0 radical (unpaired) electrons. The molecule has 0 fully saturated rings. The maximum atomic E-state index is 2.08. The number of halogens is 1. The second kappa shape index (κ2) is 8.13. The van der Waals surface area contributed by atoms with Gasteiger partial charge in [0.25, 0.3) is 0 Å². The standard InChI is InChI=1S/C6H7B.FH.2H2O/c7-6-4-2-1-3-5-6;;;/h1-5H,7H2;1H;2*1H2. The first kappa shape index (κ1) is 16.1. The summed E-state index contributed by atoms with van der Waals surface area (Å²) in [6.45, 7) is 0. The quantitative estimate of drug-likeness (QED) is 0.397. The lowest BCUT2D eigenvalue weighted by Gasteiger charge is -1.82. The van der Waals surface area contributed by atoms with E-state index in [0.29, 0.717) is 0 Å². The summed E-state index contributed by atoms with van der Waals surface area (Å²) in [5, 5.41) is 0. The average Bonchev–Trinajstić information content (AvgIpc) is 1.69. The Morgan fingerprint density at radius 2 is 1.30 bits per heavy atom. The highest BCUT2D eigenvalue weighted by Crippen LogP contribution is 1.76. The number of benzene rings is 1. The molecule has 10 heavy (non-hydrogen) atoms. The van der Waals surface area contributed by atoms with E-state index in [0.717, 1.165) is 0 Å². The fourth-order valence-electron chi connectivity index (χ4n) is 0.534. The van der Waals surface area contributed by atoms with Crippen molar-refractivity contribution in [2.24, 2.45) is 0 Å². The van der Waals surface area contributed by atoms with Crippen molar-refractivity contribution < 1.29 is 15.7 Å². The van der Waals surface area contributed by atoms with Gasteiger partial charge in [-0.05, 0) is 0 Å². The zero-order valence-corrected chi connectivity index (χ0v) is 5.79. The van der Waals surface area contributed by atoms with Gasteiger partial charge >= 0.3 is 0 Å². The Kier molecular flexibility index (Phi) is 13.1. The Balaban J connectivity index is -0.000000163. The maximum Gasteiger partial charge on any atom is 0.139 e. The Bertz CT molecular complexity index is 146. The largest absolute Gasteiger partial charge is 0.412 e. The van der Waals surface area contributed by atoms with Gasteiger partial charge in [-0.15, -0.1) is 0 Å². The lowest BCUT2D eigenvalue weighted by atomic mass is 9.97. The van der Waals surface area contributed by atoms with Crippen LogP contribution in [0.15, 0.2) is 30.3 Å². The fraction of sp³-hybridized carbons (Fsp3) is 0. The van der Waals surface area contributed by atoms with Crippen molar-refractivity contribution in [2.75, 3.05) is 0 Å². The highest BCUT2D eigenvalue weighted by Gasteiger charge is 1.72. The van der Waals surface area contributed by atoms with Crippen molar-refractivity contribution in [3.63, 3.8) is 0 Å². The third kappa shape index (κ3) is 5.28. The number of rotatable bonds is 0. The molecule has 0 amide bonds. The molecule has 1 rings (SSSR count). The molecule has 0 aromatic heterocycles. The third-order valence-electron chi connectivity index (χ3n) is 0.940. The normalized spacial score (nSPS) is 6.00. The van der Waals surface area contributed by atoms with Crippen LogP contribution in [0.5, 0.6) is 0 Å². The van der Waals surface area contributed by atoms with E-state index in [-0.39, 0.29) is 15.7 Å². The Morgan fingerprint density at radius 3 is 1.50 bits per heavy atom. The summed E-state index contributed by atoms with van der Waals surface area (Å²) in [6.07, 6.45) is 0. The van der Waals surface area contributed by atoms with Crippen molar-refractivity contribution in [2.45, 2.75) is 0 Å². The van der Waals surface area contributed by atoms with Crippen LogP contribution in [0.2, 0.25) is 0 Å². The van der Waals surface area contributed by atoms with Gasteiger partial charge in [0, 0.05) is 0 Å². The van der Waals surface area contributed by atoms with Crippen molar-refractivity contribution in [1.82, 2.24) is 0 Å². The molecule has 4 heteroatoms. The van der Waals surface area contributed by atoms with Crippen molar-refractivity contribution >= 4 is 13.3 Å². The molecular formula is C6H12BFO2. The first-order valence-electron chi connectivity index (χ1n) is 2.41. The molecule has 0 aliphatic heterocycles. The van der Waals surface area contributed by atoms with Crippen molar-refractivity contribution in [1.29, 1.82) is 0 Å². The smallest absolute Gasteiger partial charge is 0.139 e. The molecule has 1 aromatic rings. The van der Waals surface area contributed by atoms with Gasteiger partial charge in [-0.3, -0.25) is 4.70 Å². The highest BCUT2D eigenvalue weighted by molar-refractivity contribution is 6.32.